The first kappa shape index (κ1) is 18.3. The summed E-state index contributed by atoms with van der Waals surface area (Å²) in [6.45, 7) is 2.82. The van der Waals surface area contributed by atoms with E-state index in [4.69, 9.17) is 0 Å². The standard InChI is InChI=1S/C19H24N4O3S/c1-27(25,26)21-10-18-16-9-15(17-3-2-4-19(24)23(17)18)12-22(13-16)11-14-5-7-20-8-6-14/h2-8,15-16,18,21H,9-13H2,1H3/t15-,16+,18+/m1/s1. The third-order valence-corrected chi connectivity index (χ3v) is 6.28. The summed E-state index contributed by atoms with van der Waals surface area (Å²) in [6.07, 6.45) is 5.73. The number of hydrogen-bond donors (Lipinski definition) is 1. The lowest BCUT2D eigenvalue weighted by molar-refractivity contribution is 0.0869. The highest BCUT2D eigenvalue weighted by molar-refractivity contribution is 7.88. The van der Waals surface area contributed by atoms with Gasteiger partial charge in [0, 0.05) is 56.3 Å². The van der Waals surface area contributed by atoms with Gasteiger partial charge in [-0.15, -0.1) is 0 Å². The zero-order chi connectivity index (χ0) is 19.0. The van der Waals surface area contributed by atoms with Crippen LogP contribution in [0.25, 0.3) is 0 Å². The van der Waals surface area contributed by atoms with E-state index in [0.717, 1.165) is 38.0 Å². The molecule has 1 saturated heterocycles. The number of sulfonamides is 1. The van der Waals surface area contributed by atoms with E-state index < -0.39 is 10.0 Å². The number of pyridine rings is 2. The number of nitrogens with zero attached hydrogens (tertiary/aromatic N) is 3. The van der Waals surface area contributed by atoms with Crippen molar-refractivity contribution in [3.05, 3.63) is 64.3 Å². The van der Waals surface area contributed by atoms with Crippen molar-refractivity contribution in [2.45, 2.75) is 24.9 Å². The predicted molar refractivity (Wildman–Crippen MR) is 103 cm³/mol. The van der Waals surface area contributed by atoms with Gasteiger partial charge < -0.3 is 4.57 Å². The average molecular weight is 388 g/mol. The van der Waals surface area contributed by atoms with Gasteiger partial charge >= 0.3 is 0 Å². The van der Waals surface area contributed by atoms with Gasteiger partial charge in [-0.1, -0.05) is 6.07 Å². The Bertz CT molecular complexity index is 974. The van der Waals surface area contributed by atoms with E-state index >= 15 is 0 Å². The predicted octanol–water partition coefficient (Wildman–Crippen LogP) is 0.953. The molecule has 144 valence electrons. The molecule has 7 nitrogen and oxygen atoms in total. The lowest BCUT2D eigenvalue weighted by Gasteiger charge is -2.47. The third kappa shape index (κ3) is 3.97. The van der Waals surface area contributed by atoms with Gasteiger partial charge in [0.2, 0.25) is 10.0 Å². The number of hydrogen-bond acceptors (Lipinski definition) is 5. The van der Waals surface area contributed by atoms with Gasteiger partial charge in [-0.05, 0) is 36.1 Å². The minimum absolute atomic E-state index is 0.0508. The van der Waals surface area contributed by atoms with Crippen molar-refractivity contribution in [3.8, 4) is 0 Å². The van der Waals surface area contributed by atoms with Crippen LogP contribution in [0.4, 0.5) is 0 Å². The van der Waals surface area contributed by atoms with Crippen molar-refractivity contribution in [1.82, 2.24) is 19.2 Å². The number of aromatic nitrogens is 2. The van der Waals surface area contributed by atoms with E-state index in [1.54, 1.807) is 24.5 Å². The first-order valence-corrected chi connectivity index (χ1v) is 11.1. The molecule has 0 unspecified atom stereocenters. The Morgan fingerprint density at radius 1 is 1.19 bits per heavy atom. The number of piperidine rings is 1. The molecule has 0 amide bonds. The van der Waals surface area contributed by atoms with Crippen molar-refractivity contribution in [2.24, 2.45) is 5.92 Å². The lowest BCUT2D eigenvalue weighted by atomic mass is 9.78. The van der Waals surface area contributed by atoms with Crippen LogP contribution in [-0.2, 0) is 16.6 Å². The molecule has 3 atom stereocenters. The second-order valence-corrected chi connectivity index (χ2v) is 9.42. The van der Waals surface area contributed by atoms with E-state index in [9.17, 15) is 13.2 Å². The Hall–Kier alpha value is -2.03. The molecule has 4 heterocycles. The molecule has 2 bridgehead atoms. The SMILES string of the molecule is CS(=O)(=O)NC[C@H]1[C@H]2C[C@H](CN(Cc3ccncc3)C2)c2cccc(=O)n21. The summed E-state index contributed by atoms with van der Waals surface area (Å²) in [6, 6.07) is 9.24. The molecular weight excluding hydrogens is 364 g/mol. The third-order valence-electron chi connectivity index (χ3n) is 5.58. The molecule has 0 aromatic carbocycles. The normalized spacial score (nSPS) is 25.1. The quantitative estimate of drug-likeness (QED) is 0.825. The number of rotatable bonds is 5. The summed E-state index contributed by atoms with van der Waals surface area (Å²) in [5.41, 5.74) is 2.17. The van der Waals surface area contributed by atoms with Gasteiger partial charge in [0.1, 0.15) is 0 Å². The molecule has 2 aromatic rings. The molecule has 0 spiro atoms. The fourth-order valence-electron chi connectivity index (χ4n) is 4.51. The van der Waals surface area contributed by atoms with Crippen molar-refractivity contribution in [2.75, 3.05) is 25.9 Å². The Kier molecular flexibility index (Phi) is 4.88. The van der Waals surface area contributed by atoms with Gasteiger partial charge in [-0.3, -0.25) is 14.7 Å². The Labute approximate surface area is 159 Å². The summed E-state index contributed by atoms with van der Waals surface area (Å²) in [5.74, 6) is 0.515. The van der Waals surface area contributed by atoms with Crippen LogP contribution in [0.15, 0.2) is 47.5 Å². The molecule has 0 radical (unpaired) electrons. The molecule has 0 aliphatic carbocycles. The average Bonchev–Trinajstić information content (AvgIpc) is 2.62. The Morgan fingerprint density at radius 2 is 1.96 bits per heavy atom. The largest absolute Gasteiger partial charge is 0.308 e. The van der Waals surface area contributed by atoms with E-state index in [0.29, 0.717) is 0 Å². The highest BCUT2D eigenvalue weighted by Crippen LogP contribution is 2.41. The van der Waals surface area contributed by atoms with Crippen molar-refractivity contribution >= 4 is 10.0 Å². The highest BCUT2D eigenvalue weighted by Gasteiger charge is 2.40. The smallest absolute Gasteiger partial charge is 0.251 e. The zero-order valence-electron chi connectivity index (χ0n) is 15.3. The van der Waals surface area contributed by atoms with Crippen molar-refractivity contribution in [3.63, 3.8) is 0 Å². The van der Waals surface area contributed by atoms with Gasteiger partial charge in [-0.2, -0.15) is 0 Å². The van der Waals surface area contributed by atoms with Crippen LogP contribution in [0.5, 0.6) is 0 Å². The second-order valence-electron chi connectivity index (χ2n) is 7.59. The maximum Gasteiger partial charge on any atom is 0.251 e. The van der Waals surface area contributed by atoms with Gasteiger partial charge in [-0.25, -0.2) is 13.1 Å². The van der Waals surface area contributed by atoms with Crippen LogP contribution >= 0.6 is 0 Å². The van der Waals surface area contributed by atoms with Crippen LogP contribution in [0.2, 0.25) is 0 Å². The second kappa shape index (κ2) is 7.18. The van der Waals surface area contributed by atoms with E-state index in [1.807, 2.05) is 22.8 Å². The summed E-state index contributed by atoms with van der Waals surface area (Å²) in [7, 11) is -3.31. The van der Waals surface area contributed by atoms with Crippen molar-refractivity contribution < 1.29 is 8.42 Å². The van der Waals surface area contributed by atoms with E-state index in [1.165, 1.54) is 5.56 Å². The number of fused-ring (bicyclic) bond motifs is 4. The van der Waals surface area contributed by atoms with E-state index in [2.05, 4.69) is 14.6 Å². The number of nitrogens with one attached hydrogen (secondary N) is 1. The summed E-state index contributed by atoms with van der Waals surface area (Å²) in [5, 5.41) is 0. The minimum atomic E-state index is -3.31. The van der Waals surface area contributed by atoms with Gasteiger partial charge in [0.05, 0.1) is 12.3 Å². The van der Waals surface area contributed by atoms with Crippen LogP contribution in [0.3, 0.4) is 0 Å². The molecule has 2 aromatic heterocycles. The minimum Gasteiger partial charge on any atom is -0.308 e. The maximum atomic E-state index is 12.6. The lowest BCUT2D eigenvalue weighted by Crippen LogP contribution is -2.51. The van der Waals surface area contributed by atoms with Crippen molar-refractivity contribution in [1.29, 1.82) is 0 Å². The van der Waals surface area contributed by atoms with Gasteiger partial charge in [0.25, 0.3) is 5.56 Å². The first-order valence-electron chi connectivity index (χ1n) is 9.18. The van der Waals surface area contributed by atoms with Crippen LogP contribution in [-0.4, -0.2) is 48.8 Å². The molecule has 2 aliphatic heterocycles. The van der Waals surface area contributed by atoms with Gasteiger partial charge in [0.15, 0.2) is 0 Å². The number of likely N-dealkylation sites (tertiary alicyclic amines) is 1. The van der Waals surface area contributed by atoms with Crippen LogP contribution < -0.4 is 10.3 Å². The molecule has 1 N–H and O–H groups in total. The molecular formula is C19H24N4O3S. The van der Waals surface area contributed by atoms with Crippen LogP contribution in [0.1, 0.15) is 29.6 Å². The Balaban J connectivity index is 1.64. The molecule has 27 heavy (non-hydrogen) atoms. The topological polar surface area (TPSA) is 84.3 Å². The molecule has 4 rings (SSSR count). The maximum absolute atomic E-state index is 12.6. The zero-order valence-corrected chi connectivity index (χ0v) is 16.1. The van der Waals surface area contributed by atoms with Crippen LogP contribution in [0, 0.1) is 5.92 Å². The van der Waals surface area contributed by atoms with E-state index in [-0.39, 0.29) is 30.0 Å². The Morgan fingerprint density at radius 3 is 2.70 bits per heavy atom. The summed E-state index contributed by atoms with van der Waals surface area (Å²) >= 11 is 0. The monoisotopic (exact) mass is 388 g/mol. The molecule has 1 fully saturated rings. The summed E-state index contributed by atoms with van der Waals surface area (Å²) < 4.78 is 27.7. The highest BCUT2D eigenvalue weighted by atomic mass is 32.2. The molecule has 0 saturated carbocycles. The summed E-state index contributed by atoms with van der Waals surface area (Å²) in [4.78, 5) is 19.0. The fraction of sp³-hybridized carbons (Fsp3) is 0.474. The first-order chi connectivity index (χ1) is 12.9. The fourth-order valence-corrected chi connectivity index (χ4v) is 4.98. The molecule has 2 aliphatic rings. The molecule has 8 heteroatoms.